The number of hydrogen-bond donors (Lipinski definition) is 4. The molecule has 0 radical (unpaired) electrons. The van der Waals surface area contributed by atoms with Crippen molar-refractivity contribution in [3.63, 3.8) is 0 Å². The van der Waals surface area contributed by atoms with E-state index >= 15 is 0 Å². The van der Waals surface area contributed by atoms with Crippen molar-refractivity contribution in [2.24, 2.45) is 0 Å². The van der Waals surface area contributed by atoms with Crippen LogP contribution in [-0.2, 0) is 14.4 Å². The van der Waals surface area contributed by atoms with Crippen molar-refractivity contribution in [2.45, 2.75) is 33.1 Å². The maximum atomic E-state index is 10.7. The van der Waals surface area contributed by atoms with Crippen LogP contribution >= 0.6 is 0 Å². The van der Waals surface area contributed by atoms with Crippen LogP contribution < -0.4 is 19.7 Å². The van der Waals surface area contributed by atoms with Crippen molar-refractivity contribution < 1.29 is 39.2 Å². The van der Waals surface area contributed by atoms with Gasteiger partial charge >= 0.3 is 17.9 Å². The summed E-state index contributed by atoms with van der Waals surface area (Å²) in [6.45, 7) is 4.81. The molecule has 2 aromatic rings. The molecule has 0 fully saturated rings. The Hall–Kier alpha value is -3.95. The lowest BCUT2D eigenvalue weighted by molar-refractivity contribution is -0.137. The molecule has 0 saturated heterocycles. The number of hydrogen-bond acceptors (Lipinski definition) is 7. The monoisotopic (exact) mass is 490 g/mol. The molecule has 0 unspecified atom stereocenters. The van der Waals surface area contributed by atoms with E-state index in [2.05, 4.69) is 5.32 Å². The number of carboxylic acid groups (broad SMARTS) is 3. The highest BCUT2D eigenvalue weighted by molar-refractivity contribution is 5.70. The first-order chi connectivity index (χ1) is 16.6. The molecule has 10 heteroatoms. The Kier molecular flexibility index (Phi) is 12.5. The Morgan fingerprint density at radius 2 is 1.26 bits per heavy atom. The van der Waals surface area contributed by atoms with Gasteiger partial charge in [-0.1, -0.05) is 0 Å². The minimum absolute atomic E-state index is 0.0366. The highest BCUT2D eigenvalue weighted by atomic mass is 16.5. The van der Waals surface area contributed by atoms with Crippen LogP contribution in [0.5, 0.6) is 11.5 Å². The van der Waals surface area contributed by atoms with E-state index in [4.69, 9.17) is 24.8 Å². The second-order valence-electron chi connectivity index (χ2n) is 7.68. The third-order valence-electron chi connectivity index (χ3n) is 5.02. The van der Waals surface area contributed by atoms with Gasteiger partial charge in [-0.2, -0.15) is 0 Å². The summed E-state index contributed by atoms with van der Waals surface area (Å²) in [4.78, 5) is 33.5. The number of nitrogens with zero attached hydrogens (tertiary/aromatic N) is 1. The third-order valence-corrected chi connectivity index (χ3v) is 5.02. The van der Waals surface area contributed by atoms with E-state index in [0.717, 1.165) is 28.3 Å². The number of carboxylic acids is 3. The van der Waals surface area contributed by atoms with Crippen molar-refractivity contribution in [1.29, 1.82) is 0 Å². The third kappa shape index (κ3) is 11.1. The van der Waals surface area contributed by atoms with E-state index < -0.39 is 17.9 Å². The van der Waals surface area contributed by atoms with E-state index in [1.54, 1.807) is 25.2 Å². The first-order valence-electron chi connectivity index (χ1n) is 11.0. The number of anilines is 2. The van der Waals surface area contributed by atoms with Crippen molar-refractivity contribution in [3.8, 4) is 11.5 Å². The lowest BCUT2D eigenvalue weighted by Gasteiger charge is -2.25. The fraction of sp³-hybridized carbons (Fsp3) is 0.400. The first-order valence-corrected chi connectivity index (χ1v) is 11.0. The second-order valence-corrected chi connectivity index (χ2v) is 7.68. The molecule has 35 heavy (non-hydrogen) atoms. The van der Waals surface area contributed by atoms with Crippen LogP contribution in [0, 0.1) is 13.8 Å². The zero-order valence-electron chi connectivity index (χ0n) is 20.5. The van der Waals surface area contributed by atoms with Crippen LogP contribution in [0.3, 0.4) is 0 Å². The van der Waals surface area contributed by atoms with Gasteiger partial charge in [-0.3, -0.25) is 14.4 Å². The molecule has 0 bridgehead atoms. The minimum atomic E-state index is -0.906. The Bertz CT molecular complexity index is 975. The lowest BCUT2D eigenvalue weighted by atomic mass is 10.1. The highest BCUT2D eigenvalue weighted by Gasteiger charge is 2.13. The van der Waals surface area contributed by atoms with Crippen LogP contribution in [0.2, 0.25) is 0 Å². The molecular formula is C25H34N2O8. The summed E-state index contributed by atoms with van der Waals surface area (Å²) in [5.74, 6) is -1.10. The summed E-state index contributed by atoms with van der Waals surface area (Å²) in [5.41, 5.74) is 3.73. The average molecular weight is 491 g/mol. The average Bonchev–Trinajstić information content (AvgIpc) is 2.80. The molecular weight excluding hydrogens is 456 g/mol. The summed E-state index contributed by atoms with van der Waals surface area (Å²) in [6.07, 6.45) is 0.0433. The Balaban J connectivity index is 0.000000365. The normalized spacial score (nSPS) is 9.94. The fourth-order valence-corrected chi connectivity index (χ4v) is 3.19. The van der Waals surface area contributed by atoms with Crippen LogP contribution in [-0.4, -0.2) is 67.1 Å². The number of benzene rings is 2. The lowest BCUT2D eigenvalue weighted by Crippen LogP contribution is -2.29. The Morgan fingerprint density at radius 3 is 1.69 bits per heavy atom. The molecule has 4 N–H and O–H groups in total. The van der Waals surface area contributed by atoms with E-state index in [0.29, 0.717) is 12.3 Å². The molecule has 0 atom stereocenters. The summed E-state index contributed by atoms with van der Waals surface area (Å²) in [6, 6.07) is 11.1. The number of nitrogens with one attached hydrogen (secondary N) is 1. The summed E-state index contributed by atoms with van der Waals surface area (Å²) in [5, 5.41) is 29.1. The van der Waals surface area contributed by atoms with Gasteiger partial charge in [0.15, 0.2) is 0 Å². The van der Waals surface area contributed by atoms with E-state index in [9.17, 15) is 14.4 Å². The molecule has 192 valence electrons. The number of aliphatic carboxylic acids is 3. The van der Waals surface area contributed by atoms with E-state index in [1.807, 2.05) is 44.2 Å². The van der Waals surface area contributed by atoms with Crippen molar-refractivity contribution in [3.05, 3.63) is 47.5 Å². The minimum Gasteiger partial charge on any atom is -0.497 e. The molecule has 2 aromatic carbocycles. The largest absolute Gasteiger partial charge is 0.497 e. The maximum Gasteiger partial charge on any atom is 0.305 e. The highest BCUT2D eigenvalue weighted by Crippen LogP contribution is 2.25. The summed E-state index contributed by atoms with van der Waals surface area (Å²) in [7, 11) is 3.19. The van der Waals surface area contributed by atoms with Gasteiger partial charge < -0.3 is 35.0 Å². The predicted molar refractivity (Wildman–Crippen MR) is 133 cm³/mol. The second kappa shape index (κ2) is 15.0. The number of rotatable bonds is 13. The van der Waals surface area contributed by atoms with Crippen LogP contribution in [0.4, 0.5) is 11.4 Å². The summed E-state index contributed by atoms with van der Waals surface area (Å²) >= 11 is 0. The molecule has 0 aliphatic rings. The summed E-state index contributed by atoms with van der Waals surface area (Å²) < 4.78 is 10.2. The van der Waals surface area contributed by atoms with Gasteiger partial charge in [0.25, 0.3) is 0 Å². The number of carbonyl (C=O) groups is 3. The maximum absolute atomic E-state index is 10.7. The molecule has 0 heterocycles. The molecule has 10 nitrogen and oxygen atoms in total. The standard InChI is InChI=1S/C14H19NO5.C11H15NO3/c1-10-9-11(20-2)3-4-12(10)15(7-5-13(16)17)8-6-14(18)19;1-8-7-9(15-2)3-4-10(8)12-6-5-11(13)14/h3-4,9H,5-8H2,1-2H3,(H,16,17)(H,18,19);3-4,7,12H,5-6H2,1-2H3,(H,13,14). The number of ether oxygens (including phenoxy) is 2. The molecule has 2 rings (SSSR count). The Morgan fingerprint density at radius 1 is 0.771 bits per heavy atom. The van der Waals surface area contributed by atoms with Gasteiger partial charge in [-0.25, -0.2) is 0 Å². The first kappa shape index (κ1) is 29.1. The SMILES string of the molecule is COc1ccc(N(CCC(=O)O)CCC(=O)O)c(C)c1.COc1ccc(NCCC(=O)O)c(C)c1. The van der Waals surface area contributed by atoms with Crippen LogP contribution in [0.15, 0.2) is 36.4 Å². The van der Waals surface area contributed by atoms with Gasteiger partial charge in [0, 0.05) is 31.0 Å². The topological polar surface area (TPSA) is 146 Å². The number of methoxy groups -OCH3 is 2. The quantitative estimate of drug-likeness (QED) is 0.328. The van der Waals surface area contributed by atoms with Crippen molar-refractivity contribution in [1.82, 2.24) is 0 Å². The molecule has 0 amide bonds. The zero-order valence-corrected chi connectivity index (χ0v) is 20.5. The molecule has 0 aliphatic carbocycles. The van der Waals surface area contributed by atoms with Gasteiger partial charge in [-0.15, -0.1) is 0 Å². The fourth-order valence-electron chi connectivity index (χ4n) is 3.19. The van der Waals surface area contributed by atoms with Crippen molar-refractivity contribution >= 4 is 29.3 Å². The molecule has 0 aromatic heterocycles. The van der Waals surface area contributed by atoms with Gasteiger partial charge in [-0.05, 0) is 61.4 Å². The number of aryl methyl sites for hydroxylation is 2. The molecule has 0 aliphatic heterocycles. The van der Waals surface area contributed by atoms with E-state index in [1.165, 1.54) is 0 Å². The predicted octanol–water partition coefficient (Wildman–Crippen LogP) is 3.65. The van der Waals surface area contributed by atoms with Crippen molar-refractivity contribution in [2.75, 3.05) is 44.1 Å². The molecule has 0 spiro atoms. The van der Waals surface area contributed by atoms with Gasteiger partial charge in [0.2, 0.25) is 0 Å². The van der Waals surface area contributed by atoms with Gasteiger partial charge in [0.1, 0.15) is 11.5 Å². The van der Waals surface area contributed by atoms with Gasteiger partial charge in [0.05, 0.1) is 33.5 Å². The smallest absolute Gasteiger partial charge is 0.305 e. The van der Waals surface area contributed by atoms with Crippen LogP contribution in [0.1, 0.15) is 30.4 Å². The van der Waals surface area contributed by atoms with Crippen LogP contribution in [0.25, 0.3) is 0 Å². The Labute approximate surface area is 205 Å². The van der Waals surface area contributed by atoms with E-state index in [-0.39, 0.29) is 32.4 Å². The zero-order chi connectivity index (χ0) is 26.4. The molecule has 0 saturated carbocycles.